The molecule has 3 heteroatoms. The van der Waals surface area contributed by atoms with Crippen molar-refractivity contribution in [2.45, 2.75) is 51.1 Å². The second kappa shape index (κ2) is 5.06. The molecule has 1 N–H and O–H groups in total. The van der Waals surface area contributed by atoms with Crippen molar-refractivity contribution in [1.29, 1.82) is 0 Å². The van der Waals surface area contributed by atoms with Crippen molar-refractivity contribution < 1.29 is 0 Å². The third-order valence-electron chi connectivity index (χ3n) is 4.39. The number of imidazole rings is 1. The van der Waals surface area contributed by atoms with Crippen LogP contribution in [0.1, 0.15) is 42.6 Å². The maximum absolute atomic E-state index is 4.59. The molecule has 4 rings (SSSR count). The van der Waals surface area contributed by atoms with Gasteiger partial charge in [0.15, 0.2) is 0 Å². The van der Waals surface area contributed by atoms with Gasteiger partial charge in [-0.2, -0.15) is 0 Å². The molecule has 104 valence electrons. The molecular formula is C17H21N3. The van der Waals surface area contributed by atoms with Crippen molar-refractivity contribution in [2.75, 3.05) is 0 Å². The normalized spacial score (nSPS) is 18.0. The van der Waals surface area contributed by atoms with Crippen molar-refractivity contribution in [3.8, 4) is 5.69 Å². The zero-order valence-corrected chi connectivity index (χ0v) is 11.8. The van der Waals surface area contributed by atoms with E-state index < -0.39 is 0 Å². The number of hydrogen-bond acceptors (Lipinski definition) is 2. The Morgan fingerprint density at radius 1 is 1.20 bits per heavy atom. The summed E-state index contributed by atoms with van der Waals surface area (Å²) in [6.45, 7) is 0.982. The monoisotopic (exact) mass is 267 g/mol. The van der Waals surface area contributed by atoms with Gasteiger partial charge in [-0.3, -0.25) is 0 Å². The number of nitrogens with one attached hydrogen (secondary N) is 1. The van der Waals surface area contributed by atoms with Crippen LogP contribution in [0.25, 0.3) is 5.69 Å². The van der Waals surface area contributed by atoms with Gasteiger partial charge in [-0.05, 0) is 56.2 Å². The van der Waals surface area contributed by atoms with Crippen molar-refractivity contribution in [2.24, 2.45) is 0 Å². The highest BCUT2D eigenvalue weighted by molar-refractivity contribution is 5.39. The van der Waals surface area contributed by atoms with Gasteiger partial charge in [-0.15, -0.1) is 0 Å². The molecule has 0 radical (unpaired) electrons. The molecule has 0 saturated heterocycles. The fourth-order valence-electron chi connectivity index (χ4n) is 3.06. The summed E-state index contributed by atoms with van der Waals surface area (Å²) in [5, 5.41) is 3.58. The van der Waals surface area contributed by atoms with Gasteiger partial charge in [-0.25, -0.2) is 4.98 Å². The Morgan fingerprint density at radius 3 is 3.00 bits per heavy atom. The van der Waals surface area contributed by atoms with E-state index in [1.165, 1.54) is 54.7 Å². The zero-order valence-electron chi connectivity index (χ0n) is 11.8. The Balaban J connectivity index is 1.60. The second-order valence-electron chi connectivity index (χ2n) is 6.04. The number of aryl methyl sites for hydroxylation is 1. The van der Waals surface area contributed by atoms with Crippen molar-refractivity contribution in [3.05, 3.63) is 47.5 Å². The quantitative estimate of drug-likeness (QED) is 0.923. The summed E-state index contributed by atoms with van der Waals surface area (Å²) in [5.41, 5.74) is 5.35. The standard InChI is InChI=1S/C17H21N3/c1-2-7-17-16(6-1)19-12-20(17)15-5-3-4-13(10-15)11-18-14-8-9-14/h3-5,10,12,14,18H,1-2,6-9,11H2. The molecule has 2 aliphatic rings. The smallest absolute Gasteiger partial charge is 0.0997 e. The van der Waals surface area contributed by atoms with Gasteiger partial charge in [0, 0.05) is 24.0 Å². The number of rotatable bonds is 4. The minimum absolute atomic E-state index is 0.764. The van der Waals surface area contributed by atoms with Crippen LogP contribution in [0.3, 0.4) is 0 Å². The Labute approximate surface area is 120 Å². The molecule has 1 heterocycles. The lowest BCUT2D eigenvalue weighted by molar-refractivity contribution is 0.655. The molecule has 0 atom stereocenters. The molecular weight excluding hydrogens is 246 g/mol. The van der Waals surface area contributed by atoms with Crippen LogP contribution in [0, 0.1) is 0 Å². The minimum atomic E-state index is 0.764. The average molecular weight is 267 g/mol. The maximum Gasteiger partial charge on any atom is 0.0997 e. The summed E-state index contributed by atoms with van der Waals surface area (Å²) in [5.74, 6) is 0. The number of aromatic nitrogens is 2. The van der Waals surface area contributed by atoms with Crippen molar-refractivity contribution >= 4 is 0 Å². The fourth-order valence-corrected chi connectivity index (χ4v) is 3.06. The molecule has 1 aromatic heterocycles. The third kappa shape index (κ3) is 2.38. The summed E-state index contributed by atoms with van der Waals surface area (Å²) < 4.78 is 2.29. The SMILES string of the molecule is c1cc(CNC2CC2)cc(-n2cnc3c2CCCC3)c1. The Hall–Kier alpha value is -1.61. The predicted molar refractivity (Wildman–Crippen MR) is 80.1 cm³/mol. The molecule has 0 unspecified atom stereocenters. The van der Waals surface area contributed by atoms with Gasteiger partial charge in [0.2, 0.25) is 0 Å². The van der Waals surface area contributed by atoms with Crippen LogP contribution in [-0.2, 0) is 19.4 Å². The van der Waals surface area contributed by atoms with Gasteiger partial charge in [0.05, 0.1) is 12.0 Å². The van der Waals surface area contributed by atoms with E-state index in [9.17, 15) is 0 Å². The number of benzene rings is 1. The average Bonchev–Trinajstić information content (AvgIpc) is 3.23. The first-order valence-electron chi connectivity index (χ1n) is 7.78. The molecule has 2 aliphatic carbocycles. The molecule has 0 aliphatic heterocycles. The second-order valence-corrected chi connectivity index (χ2v) is 6.04. The van der Waals surface area contributed by atoms with E-state index in [4.69, 9.17) is 0 Å². The predicted octanol–water partition coefficient (Wildman–Crippen LogP) is 3.00. The van der Waals surface area contributed by atoms with Crippen LogP contribution in [-0.4, -0.2) is 15.6 Å². The van der Waals surface area contributed by atoms with Gasteiger partial charge >= 0.3 is 0 Å². The van der Waals surface area contributed by atoms with Crippen LogP contribution in [0.2, 0.25) is 0 Å². The number of hydrogen-bond donors (Lipinski definition) is 1. The third-order valence-corrected chi connectivity index (χ3v) is 4.39. The molecule has 0 bridgehead atoms. The van der Waals surface area contributed by atoms with Crippen molar-refractivity contribution in [1.82, 2.24) is 14.9 Å². The maximum atomic E-state index is 4.59. The van der Waals surface area contributed by atoms with Crippen LogP contribution in [0.4, 0.5) is 0 Å². The van der Waals surface area contributed by atoms with E-state index in [-0.39, 0.29) is 0 Å². The Morgan fingerprint density at radius 2 is 2.10 bits per heavy atom. The first-order chi connectivity index (χ1) is 9.90. The Bertz CT molecular complexity index is 610. The van der Waals surface area contributed by atoms with E-state index in [0.29, 0.717) is 0 Å². The largest absolute Gasteiger partial charge is 0.310 e. The van der Waals surface area contributed by atoms with Crippen LogP contribution in [0.15, 0.2) is 30.6 Å². The first-order valence-corrected chi connectivity index (χ1v) is 7.78. The number of nitrogens with zero attached hydrogens (tertiary/aromatic N) is 2. The lowest BCUT2D eigenvalue weighted by Crippen LogP contribution is -2.15. The molecule has 3 nitrogen and oxygen atoms in total. The molecule has 1 saturated carbocycles. The molecule has 20 heavy (non-hydrogen) atoms. The molecule has 1 aromatic carbocycles. The summed E-state index contributed by atoms with van der Waals surface area (Å²) in [7, 11) is 0. The molecule has 1 fully saturated rings. The highest BCUT2D eigenvalue weighted by Gasteiger charge is 2.20. The lowest BCUT2D eigenvalue weighted by Gasteiger charge is -2.14. The summed E-state index contributed by atoms with van der Waals surface area (Å²) in [6.07, 6.45) is 9.58. The zero-order chi connectivity index (χ0) is 13.4. The van der Waals surface area contributed by atoms with E-state index in [1.54, 1.807) is 0 Å². The number of fused-ring (bicyclic) bond motifs is 1. The van der Waals surface area contributed by atoms with Crippen LogP contribution in [0.5, 0.6) is 0 Å². The molecule has 0 amide bonds. The summed E-state index contributed by atoms with van der Waals surface area (Å²) in [6, 6.07) is 9.62. The summed E-state index contributed by atoms with van der Waals surface area (Å²) in [4.78, 5) is 4.59. The van der Waals surface area contributed by atoms with Gasteiger partial charge < -0.3 is 9.88 Å². The van der Waals surface area contributed by atoms with Crippen molar-refractivity contribution in [3.63, 3.8) is 0 Å². The van der Waals surface area contributed by atoms with Crippen LogP contribution >= 0.6 is 0 Å². The van der Waals surface area contributed by atoms with Crippen LogP contribution < -0.4 is 5.32 Å². The molecule has 2 aromatic rings. The van der Waals surface area contributed by atoms with Gasteiger partial charge in [-0.1, -0.05) is 12.1 Å². The molecule has 0 spiro atoms. The van der Waals surface area contributed by atoms with E-state index in [0.717, 1.165) is 19.0 Å². The lowest BCUT2D eigenvalue weighted by atomic mass is 10.0. The highest BCUT2D eigenvalue weighted by Crippen LogP contribution is 2.24. The van der Waals surface area contributed by atoms with E-state index >= 15 is 0 Å². The Kier molecular flexibility index (Phi) is 3.07. The van der Waals surface area contributed by atoms with E-state index in [1.807, 2.05) is 6.33 Å². The highest BCUT2D eigenvalue weighted by atomic mass is 15.1. The van der Waals surface area contributed by atoms with Gasteiger partial charge in [0.25, 0.3) is 0 Å². The van der Waals surface area contributed by atoms with E-state index in [2.05, 4.69) is 39.1 Å². The van der Waals surface area contributed by atoms with Gasteiger partial charge in [0.1, 0.15) is 0 Å². The summed E-state index contributed by atoms with van der Waals surface area (Å²) >= 11 is 0. The first kappa shape index (κ1) is 12.2. The fraction of sp³-hybridized carbons (Fsp3) is 0.471. The topological polar surface area (TPSA) is 29.9 Å². The minimum Gasteiger partial charge on any atom is -0.310 e.